The van der Waals surface area contributed by atoms with Gasteiger partial charge < -0.3 is 10.6 Å². The van der Waals surface area contributed by atoms with Crippen molar-refractivity contribution < 1.29 is 0 Å². The van der Waals surface area contributed by atoms with Crippen LogP contribution in [0.4, 0.5) is 0 Å². The quantitative estimate of drug-likeness (QED) is 0.682. The first kappa shape index (κ1) is 13.8. The summed E-state index contributed by atoms with van der Waals surface area (Å²) in [5, 5.41) is 6.42. The van der Waals surface area contributed by atoms with E-state index in [4.69, 9.17) is 0 Å². The fourth-order valence-corrected chi connectivity index (χ4v) is 1.43. The van der Waals surface area contributed by atoms with Crippen LogP contribution in [0.5, 0.6) is 0 Å². The van der Waals surface area contributed by atoms with Crippen LogP contribution < -0.4 is 10.6 Å². The number of benzene rings is 1. The highest BCUT2D eigenvalue weighted by Gasteiger charge is 1.95. The summed E-state index contributed by atoms with van der Waals surface area (Å²) in [5.74, 6) is 0.802. The maximum Gasteiger partial charge on any atom is 0.0917 e. The lowest BCUT2D eigenvalue weighted by molar-refractivity contribution is 0.714. The molecule has 0 heterocycles. The van der Waals surface area contributed by atoms with Gasteiger partial charge in [0.1, 0.15) is 0 Å². The SMILES string of the molecule is C=C/C=C(\C=C)CNC(=C)NCc1ccccc1. The van der Waals surface area contributed by atoms with Crippen molar-refractivity contribution in [3.05, 3.63) is 85.3 Å². The Morgan fingerprint density at radius 3 is 2.44 bits per heavy atom. The van der Waals surface area contributed by atoms with Crippen LogP contribution in [-0.4, -0.2) is 6.54 Å². The van der Waals surface area contributed by atoms with Crippen LogP contribution in [-0.2, 0) is 6.54 Å². The Kier molecular flexibility index (Phi) is 6.12. The molecule has 1 rings (SSSR count). The van der Waals surface area contributed by atoms with E-state index in [9.17, 15) is 0 Å². The standard InChI is InChI=1S/C16H20N2/c1-4-9-15(5-2)12-17-14(3)18-13-16-10-7-6-8-11-16/h4-11,17-18H,1-3,12-13H2/b15-9+. The smallest absolute Gasteiger partial charge is 0.0917 e. The summed E-state index contributed by atoms with van der Waals surface area (Å²) in [4.78, 5) is 0. The van der Waals surface area contributed by atoms with E-state index in [-0.39, 0.29) is 0 Å². The molecule has 0 saturated heterocycles. The largest absolute Gasteiger partial charge is 0.368 e. The fourth-order valence-electron chi connectivity index (χ4n) is 1.43. The second kappa shape index (κ2) is 7.96. The number of allylic oxidation sites excluding steroid dienone is 2. The molecule has 18 heavy (non-hydrogen) atoms. The lowest BCUT2D eigenvalue weighted by Crippen LogP contribution is -2.26. The summed E-state index contributed by atoms with van der Waals surface area (Å²) in [5.41, 5.74) is 2.30. The first-order valence-corrected chi connectivity index (χ1v) is 5.91. The van der Waals surface area contributed by atoms with Crippen molar-refractivity contribution in [1.82, 2.24) is 10.6 Å². The second-order valence-electron chi connectivity index (χ2n) is 3.85. The van der Waals surface area contributed by atoms with Crippen molar-refractivity contribution in [2.24, 2.45) is 0 Å². The zero-order valence-corrected chi connectivity index (χ0v) is 10.7. The van der Waals surface area contributed by atoms with Crippen LogP contribution in [0.25, 0.3) is 0 Å². The maximum atomic E-state index is 3.93. The summed E-state index contributed by atoms with van der Waals surface area (Å²) in [7, 11) is 0. The minimum Gasteiger partial charge on any atom is -0.368 e. The third-order valence-corrected chi connectivity index (χ3v) is 2.45. The minimum atomic E-state index is 0.691. The first-order valence-electron chi connectivity index (χ1n) is 5.91. The van der Waals surface area contributed by atoms with E-state index >= 15 is 0 Å². The molecule has 0 fully saturated rings. The molecule has 0 atom stereocenters. The van der Waals surface area contributed by atoms with Crippen LogP contribution in [0.1, 0.15) is 5.56 Å². The Bertz CT molecular complexity index is 430. The molecule has 0 aliphatic carbocycles. The molecule has 2 heteroatoms. The van der Waals surface area contributed by atoms with Crippen LogP contribution in [0.2, 0.25) is 0 Å². The molecule has 1 aromatic carbocycles. The molecule has 0 radical (unpaired) electrons. The summed E-state index contributed by atoms with van der Waals surface area (Å²) >= 11 is 0. The van der Waals surface area contributed by atoms with Gasteiger partial charge >= 0.3 is 0 Å². The lowest BCUT2D eigenvalue weighted by atomic mass is 10.2. The summed E-state index contributed by atoms with van der Waals surface area (Å²) < 4.78 is 0. The highest BCUT2D eigenvalue weighted by molar-refractivity contribution is 5.23. The third kappa shape index (κ3) is 5.21. The van der Waals surface area contributed by atoms with Crippen LogP contribution in [0, 0.1) is 0 Å². The van der Waals surface area contributed by atoms with E-state index in [1.54, 1.807) is 12.2 Å². The molecule has 2 N–H and O–H groups in total. The van der Waals surface area contributed by atoms with Crippen LogP contribution >= 0.6 is 0 Å². The van der Waals surface area contributed by atoms with E-state index < -0.39 is 0 Å². The number of hydrogen-bond acceptors (Lipinski definition) is 2. The molecule has 0 aromatic heterocycles. The maximum absolute atomic E-state index is 3.93. The predicted molar refractivity (Wildman–Crippen MR) is 78.9 cm³/mol. The topological polar surface area (TPSA) is 24.1 Å². The molecular formula is C16H20N2. The highest BCUT2D eigenvalue weighted by atomic mass is 15.1. The van der Waals surface area contributed by atoms with Crippen molar-refractivity contribution in [3.63, 3.8) is 0 Å². The van der Waals surface area contributed by atoms with E-state index in [0.717, 1.165) is 17.9 Å². The van der Waals surface area contributed by atoms with Crippen molar-refractivity contribution in [2.75, 3.05) is 6.54 Å². The Balaban J connectivity index is 2.32. The molecule has 0 amide bonds. The van der Waals surface area contributed by atoms with Gasteiger partial charge in [0.25, 0.3) is 0 Å². The number of rotatable bonds is 8. The molecule has 94 valence electrons. The Hall–Kier alpha value is -2.22. The molecule has 1 aromatic rings. The predicted octanol–water partition coefficient (Wildman–Crippen LogP) is 3.14. The van der Waals surface area contributed by atoms with Gasteiger partial charge in [0, 0.05) is 13.1 Å². The molecule has 0 aliphatic heterocycles. The van der Waals surface area contributed by atoms with Gasteiger partial charge in [-0.05, 0) is 11.1 Å². The molecule has 0 spiro atoms. The second-order valence-corrected chi connectivity index (χ2v) is 3.85. The van der Waals surface area contributed by atoms with E-state index in [1.165, 1.54) is 5.56 Å². The van der Waals surface area contributed by atoms with Gasteiger partial charge in [-0.2, -0.15) is 0 Å². The number of hydrogen-bond donors (Lipinski definition) is 2. The van der Waals surface area contributed by atoms with Gasteiger partial charge in [-0.25, -0.2) is 0 Å². The van der Waals surface area contributed by atoms with Crippen molar-refractivity contribution in [2.45, 2.75) is 6.54 Å². The van der Waals surface area contributed by atoms with Crippen LogP contribution in [0.3, 0.4) is 0 Å². The van der Waals surface area contributed by atoms with Gasteiger partial charge in [0.2, 0.25) is 0 Å². The van der Waals surface area contributed by atoms with Gasteiger partial charge in [-0.3, -0.25) is 0 Å². The summed E-state index contributed by atoms with van der Waals surface area (Å²) in [6.45, 7) is 12.8. The molecule has 0 bridgehead atoms. The van der Waals surface area contributed by atoms with E-state index in [1.807, 2.05) is 24.3 Å². The van der Waals surface area contributed by atoms with E-state index in [2.05, 4.69) is 42.5 Å². The van der Waals surface area contributed by atoms with E-state index in [0.29, 0.717) is 6.54 Å². The van der Waals surface area contributed by atoms with Crippen molar-refractivity contribution >= 4 is 0 Å². The third-order valence-electron chi connectivity index (χ3n) is 2.45. The van der Waals surface area contributed by atoms with Gasteiger partial charge in [-0.1, -0.05) is 68.3 Å². The average molecular weight is 240 g/mol. The van der Waals surface area contributed by atoms with Crippen molar-refractivity contribution in [1.29, 1.82) is 0 Å². The zero-order valence-electron chi connectivity index (χ0n) is 10.7. The first-order chi connectivity index (χ1) is 8.76. The van der Waals surface area contributed by atoms with Gasteiger partial charge in [-0.15, -0.1) is 0 Å². The number of nitrogens with one attached hydrogen (secondary N) is 2. The van der Waals surface area contributed by atoms with Gasteiger partial charge in [0.15, 0.2) is 0 Å². The van der Waals surface area contributed by atoms with Crippen molar-refractivity contribution in [3.8, 4) is 0 Å². The van der Waals surface area contributed by atoms with Crippen LogP contribution in [0.15, 0.2) is 79.7 Å². The molecule has 0 saturated carbocycles. The Morgan fingerprint density at radius 1 is 1.11 bits per heavy atom. The zero-order chi connectivity index (χ0) is 13.2. The molecule has 2 nitrogen and oxygen atoms in total. The highest BCUT2D eigenvalue weighted by Crippen LogP contribution is 1.99. The normalized spacial score (nSPS) is 10.6. The van der Waals surface area contributed by atoms with Gasteiger partial charge in [0.05, 0.1) is 5.82 Å². The molecule has 0 aliphatic rings. The lowest BCUT2D eigenvalue weighted by Gasteiger charge is -2.12. The summed E-state index contributed by atoms with van der Waals surface area (Å²) in [6.07, 6.45) is 5.47. The minimum absolute atomic E-state index is 0.691. The fraction of sp³-hybridized carbons (Fsp3) is 0.125. The summed E-state index contributed by atoms with van der Waals surface area (Å²) in [6, 6.07) is 10.2. The monoisotopic (exact) mass is 240 g/mol. The Morgan fingerprint density at radius 2 is 1.83 bits per heavy atom. The Labute approximate surface area is 109 Å². The molecule has 0 unspecified atom stereocenters. The average Bonchev–Trinajstić information content (AvgIpc) is 2.42. The molecular weight excluding hydrogens is 220 g/mol.